The molecule has 5 nitrogen and oxygen atoms in total. The summed E-state index contributed by atoms with van der Waals surface area (Å²) in [6.45, 7) is 0. The van der Waals surface area contributed by atoms with Gasteiger partial charge in [-0.15, -0.1) is 0 Å². The number of benzene rings is 3. The van der Waals surface area contributed by atoms with E-state index in [-0.39, 0.29) is 11.6 Å². The minimum absolute atomic E-state index is 0.297. The van der Waals surface area contributed by atoms with Gasteiger partial charge in [0.05, 0.1) is 5.69 Å². The SMILES string of the molecule is Nc1ccc(-c2ccnc(Nc3ccc(F)cc3)n2)cc1C(=O)c1ccc(F)cc1. The van der Waals surface area contributed by atoms with Gasteiger partial charge >= 0.3 is 0 Å². The number of aromatic nitrogens is 2. The van der Waals surface area contributed by atoms with Crippen molar-refractivity contribution in [1.29, 1.82) is 0 Å². The van der Waals surface area contributed by atoms with Gasteiger partial charge in [0.2, 0.25) is 5.95 Å². The molecule has 0 spiro atoms. The normalized spacial score (nSPS) is 10.6. The number of nitrogens with zero attached hydrogens (tertiary/aromatic N) is 2. The van der Waals surface area contributed by atoms with Crippen LogP contribution in [0.1, 0.15) is 15.9 Å². The quantitative estimate of drug-likeness (QED) is 0.364. The molecule has 30 heavy (non-hydrogen) atoms. The van der Waals surface area contributed by atoms with Gasteiger partial charge < -0.3 is 11.1 Å². The molecule has 0 atom stereocenters. The van der Waals surface area contributed by atoms with Crippen LogP contribution in [0.4, 0.5) is 26.1 Å². The van der Waals surface area contributed by atoms with Crippen molar-refractivity contribution in [2.45, 2.75) is 0 Å². The molecule has 0 amide bonds. The summed E-state index contributed by atoms with van der Waals surface area (Å²) >= 11 is 0. The van der Waals surface area contributed by atoms with Gasteiger partial charge in [-0.25, -0.2) is 18.7 Å². The number of carbonyl (C=O) groups is 1. The van der Waals surface area contributed by atoms with Gasteiger partial charge in [0.1, 0.15) is 11.6 Å². The van der Waals surface area contributed by atoms with Crippen LogP contribution in [-0.2, 0) is 0 Å². The van der Waals surface area contributed by atoms with Crippen molar-refractivity contribution in [2.24, 2.45) is 0 Å². The van der Waals surface area contributed by atoms with Gasteiger partial charge in [-0.05, 0) is 66.7 Å². The number of rotatable bonds is 5. The molecule has 0 aliphatic carbocycles. The highest BCUT2D eigenvalue weighted by molar-refractivity contribution is 6.12. The lowest BCUT2D eigenvalue weighted by Crippen LogP contribution is -2.06. The predicted octanol–water partition coefficient (Wildman–Crippen LogP) is 4.98. The zero-order valence-corrected chi connectivity index (χ0v) is 15.6. The number of nitrogens with two attached hydrogens (primary N) is 1. The molecule has 0 fully saturated rings. The number of hydrogen-bond donors (Lipinski definition) is 2. The maximum atomic E-state index is 13.2. The molecule has 0 aliphatic rings. The second-order valence-corrected chi connectivity index (χ2v) is 6.54. The first kappa shape index (κ1) is 19.2. The van der Waals surface area contributed by atoms with Crippen LogP contribution in [0.3, 0.4) is 0 Å². The van der Waals surface area contributed by atoms with E-state index in [2.05, 4.69) is 15.3 Å². The number of halogens is 2. The second-order valence-electron chi connectivity index (χ2n) is 6.54. The van der Waals surface area contributed by atoms with Gasteiger partial charge in [0, 0.05) is 34.3 Å². The topological polar surface area (TPSA) is 80.9 Å². The smallest absolute Gasteiger partial charge is 0.227 e. The molecule has 0 aliphatic heterocycles. The Kier molecular flexibility index (Phi) is 5.17. The van der Waals surface area contributed by atoms with Gasteiger partial charge in [-0.3, -0.25) is 4.79 Å². The standard InChI is InChI=1S/C23H16F2N4O/c24-16-4-1-14(2-5-16)22(30)19-13-15(3-10-20(19)26)21-11-12-27-23(29-21)28-18-8-6-17(25)7-9-18/h1-13H,26H2,(H,27,28,29). The Morgan fingerprint density at radius 1 is 0.867 bits per heavy atom. The first-order valence-corrected chi connectivity index (χ1v) is 9.05. The Morgan fingerprint density at radius 3 is 2.23 bits per heavy atom. The van der Waals surface area contributed by atoms with Crippen LogP contribution in [0.15, 0.2) is 79.0 Å². The molecule has 0 saturated heterocycles. The highest BCUT2D eigenvalue weighted by Gasteiger charge is 2.14. The van der Waals surface area contributed by atoms with E-state index in [1.54, 1.807) is 42.6 Å². The highest BCUT2D eigenvalue weighted by Crippen LogP contribution is 2.25. The highest BCUT2D eigenvalue weighted by atomic mass is 19.1. The summed E-state index contributed by atoms with van der Waals surface area (Å²) in [5, 5.41) is 3.01. The number of carbonyl (C=O) groups excluding carboxylic acids is 1. The third kappa shape index (κ3) is 4.15. The summed E-state index contributed by atoms with van der Waals surface area (Å²) in [5.41, 5.74) is 8.83. The van der Waals surface area contributed by atoms with Crippen LogP contribution in [0.25, 0.3) is 11.3 Å². The largest absolute Gasteiger partial charge is 0.398 e. The summed E-state index contributed by atoms with van der Waals surface area (Å²) in [5.74, 6) is -0.749. The van der Waals surface area contributed by atoms with Crippen molar-refractivity contribution in [3.63, 3.8) is 0 Å². The van der Waals surface area contributed by atoms with Crippen LogP contribution in [-0.4, -0.2) is 15.8 Å². The van der Waals surface area contributed by atoms with Crippen molar-refractivity contribution in [1.82, 2.24) is 9.97 Å². The van der Waals surface area contributed by atoms with Crippen LogP contribution in [0, 0.1) is 11.6 Å². The fraction of sp³-hybridized carbons (Fsp3) is 0. The lowest BCUT2D eigenvalue weighted by Gasteiger charge is -2.10. The summed E-state index contributed by atoms with van der Waals surface area (Å²) in [6, 6.07) is 17.8. The molecule has 0 radical (unpaired) electrons. The summed E-state index contributed by atoms with van der Waals surface area (Å²) in [6.07, 6.45) is 1.58. The molecule has 1 aromatic heterocycles. The summed E-state index contributed by atoms with van der Waals surface area (Å²) in [4.78, 5) is 21.4. The van der Waals surface area contributed by atoms with E-state index in [0.717, 1.165) is 0 Å². The van der Waals surface area contributed by atoms with Crippen molar-refractivity contribution in [3.05, 3.63) is 102 Å². The van der Waals surface area contributed by atoms with E-state index in [4.69, 9.17) is 5.73 Å². The number of nitrogen functional groups attached to an aromatic ring is 1. The molecule has 0 unspecified atom stereocenters. The van der Waals surface area contributed by atoms with E-state index in [1.807, 2.05) is 0 Å². The van der Waals surface area contributed by atoms with Crippen LogP contribution >= 0.6 is 0 Å². The van der Waals surface area contributed by atoms with Crippen LogP contribution < -0.4 is 11.1 Å². The molecule has 3 aromatic carbocycles. The Morgan fingerprint density at radius 2 is 1.53 bits per heavy atom. The van der Waals surface area contributed by atoms with Crippen LogP contribution in [0.2, 0.25) is 0 Å². The second kappa shape index (κ2) is 8.08. The van der Waals surface area contributed by atoms with Crippen molar-refractivity contribution in [2.75, 3.05) is 11.1 Å². The molecule has 0 bridgehead atoms. The third-order valence-corrected chi connectivity index (χ3v) is 4.46. The first-order valence-electron chi connectivity index (χ1n) is 9.05. The van der Waals surface area contributed by atoms with Crippen molar-refractivity contribution in [3.8, 4) is 11.3 Å². The predicted molar refractivity (Wildman–Crippen MR) is 111 cm³/mol. The Hall–Kier alpha value is -4.13. The molecule has 148 valence electrons. The Balaban J connectivity index is 1.64. The van der Waals surface area contributed by atoms with E-state index in [0.29, 0.717) is 39.7 Å². The first-order chi connectivity index (χ1) is 14.5. The van der Waals surface area contributed by atoms with Crippen molar-refractivity contribution >= 4 is 23.1 Å². The van der Waals surface area contributed by atoms with E-state index in [9.17, 15) is 13.6 Å². The molecule has 0 saturated carbocycles. The average molecular weight is 402 g/mol. The molecule has 1 heterocycles. The van der Waals surface area contributed by atoms with Gasteiger partial charge in [0.15, 0.2) is 5.78 Å². The maximum absolute atomic E-state index is 13.2. The zero-order valence-electron chi connectivity index (χ0n) is 15.6. The van der Waals surface area contributed by atoms with Gasteiger partial charge in [-0.2, -0.15) is 0 Å². The fourth-order valence-electron chi connectivity index (χ4n) is 2.91. The van der Waals surface area contributed by atoms with Crippen LogP contribution in [0.5, 0.6) is 0 Å². The Labute approximate surface area is 171 Å². The minimum atomic E-state index is -0.421. The molecular weight excluding hydrogens is 386 g/mol. The number of ketones is 1. The Bertz CT molecular complexity index is 1210. The molecule has 4 aromatic rings. The van der Waals surface area contributed by atoms with E-state index < -0.39 is 5.82 Å². The van der Waals surface area contributed by atoms with E-state index in [1.165, 1.54) is 36.4 Å². The monoisotopic (exact) mass is 402 g/mol. The maximum Gasteiger partial charge on any atom is 0.227 e. The van der Waals surface area contributed by atoms with Gasteiger partial charge in [-0.1, -0.05) is 6.07 Å². The minimum Gasteiger partial charge on any atom is -0.398 e. The third-order valence-electron chi connectivity index (χ3n) is 4.46. The van der Waals surface area contributed by atoms with Crippen molar-refractivity contribution < 1.29 is 13.6 Å². The van der Waals surface area contributed by atoms with Gasteiger partial charge in [0.25, 0.3) is 0 Å². The molecule has 4 rings (SSSR count). The number of hydrogen-bond acceptors (Lipinski definition) is 5. The summed E-state index contributed by atoms with van der Waals surface area (Å²) in [7, 11) is 0. The summed E-state index contributed by atoms with van der Waals surface area (Å²) < 4.78 is 26.2. The lowest BCUT2D eigenvalue weighted by molar-refractivity contribution is 0.103. The average Bonchev–Trinajstić information content (AvgIpc) is 2.76. The molecule has 3 N–H and O–H groups in total. The van der Waals surface area contributed by atoms with E-state index >= 15 is 0 Å². The molecular formula is C23H16F2N4O. The number of nitrogens with one attached hydrogen (secondary N) is 1. The fourth-order valence-corrected chi connectivity index (χ4v) is 2.91. The molecule has 7 heteroatoms. The zero-order chi connectivity index (χ0) is 21.1. The lowest BCUT2D eigenvalue weighted by atomic mass is 9.98. The number of anilines is 3.